The van der Waals surface area contributed by atoms with Crippen LogP contribution in [0.5, 0.6) is 0 Å². The lowest BCUT2D eigenvalue weighted by molar-refractivity contribution is 0.611. The molecule has 0 saturated carbocycles. The van der Waals surface area contributed by atoms with Crippen LogP contribution in [0.3, 0.4) is 0 Å². The first-order valence-electron chi connectivity index (χ1n) is 4.36. The van der Waals surface area contributed by atoms with E-state index in [4.69, 9.17) is 0 Å². The summed E-state index contributed by atoms with van der Waals surface area (Å²) >= 11 is 1.75. The second-order valence-corrected chi connectivity index (χ2v) is 3.88. The zero-order valence-corrected chi connectivity index (χ0v) is 8.42. The number of aryl methyl sites for hydroxylation is 3. The topological polar surface area (TPSA) is 17.8 Å². The first-order chi connectivity index (χ1) is 6.34. The minimum atomic E-state index is 0.977. The Kier molecular flexibility index (Phi) is 2.45. The summed E-state index contributed by atoms with van der Waals surface area (Å²) in [6, 6.07) is 4.20. The van der Waals surface area contributed by atoms with Gasteiger partial charge in [0.2, 0.25) is 0 Å². The van der Waals surface area contributed by atoms with Crippen molar-refractivity contribution >= 4 is 11.3 Å². The highest BCUT2D eigenvalue weighted by Crippen LogP contribution is 2.07. The highest BCUT2D eigenvalue weighted by atomic mass is 32.1. The third-order valence-corrected chi connectivity index (χ3v) is 2.72. The molecule has 0 radical (unpaired) electrons. The number of aromatic nitrogens is 2. The smallest absolute Gasteiger partial charge is 0.0593 e. The lowest BCUT2D eigenvalue weighted by Crippen LogP contribution is -2.01. The highest BCUT2D eigenvalue weighted by Gasteiger charge is 1.95. The van der Waals surface area contributed by atoms with Crippen LogP contribution in [0.25, 0.3) is 0 Å². The SMILES string of the molecule is Cc1ccn(CCc2ccsc2)n1. The van der Waals surface area contributed by atoms with Crippen LogP contribution in [-0.2, 0) is 13.0 Å². The Balaban J connectivity index is 1.93. The van der Waals surface area contributed by atoms with Gasteiger partial charge in [-0.1, -0.05) is 0 Å². The quantitative estimate of drug-likeness (QED) is 0.730. The minimum Gasteiger partial charge on any atom is -0.272 e. The molecule has 2 rings (SSSR count). The van der Waals surface area contributed by atoms with Gasteiger partial charge in [0.05, 0.1) is 5.69 Å². The Labute approximate surface area is 81.8 Å². The van der Waals surface area contributed by atoms with E-state index in [0.29, 0.717) is 0 Å². The molecule has 0 aromatic carbocycles. The molecule has 0 unspecified atom stereocenters. The Morgan fingerprint density at radius 2 is 2.38 bits per heavy atom. The van der Waals surface area contributed by atoms with E-state index in [0.717, 1.165) is 18.7 Å². The maximum atomic E-state index is 4.33. The summed E-state index contributed by atoms with van der Waals surface area (Å²) in [5, 5.41) is 8.64. The maximum Gasteiger partial charge on any atom is 0.0593 e. The van der Waals surface area contributed by atoms with Crippen LogP contribution in [0, 0.1) is 6.92 Å². The van der Waals surface area contributed by atoms with Crippen LogP contribution in [0.1, 0.15) is 11.3 Å². The van der Waals surface area contributed by atoms with Gasteiger partial charge in [0, 0.05) is 12.7 Å². The van der Waals surface area contributed by atoms with E-state index in [9.17, 15) is 0 Å². The van der Waals surface area contributed by atoms with Crippen molar-refractivity contribution in [2.75, 3.05) is 0 Å². The number of thiophene rings is 1. The molecule has 0 saturated heterocycles. The normalized spacial score (nSPS) is 10.5. The zero-order valence-electron chi connectivity index (χ0n) is 7.60. The standard InChI is InChI=1S/C10H12N2S/c1-9-2-5-12(11-9)6-3-10-4-7-13-8-10/h2,4-5,7-8H,3,6H2,1H3. The molecular weight excluding hydrogens is 180 g/mol. The van der Waals surface area contributed by atoms with Gasteiger partial charge in [0.25, 0.3) is 0 Å². The van der Waals surface area contributed by atoms with Gasteiger partial charge in [0.15, 0.2) is 0 Å². The van der Waals surface area contributed by atoms with Crippen LogP contribution in [0.2, 0.25) is 0 Å². The van der Waals surface area contributed by atoms with E-state index in [1.807, 2.05) is 23.9 Å². The lowest BCUT2D eigenvalue weighted by atomic mass is 10.2. The monoisotopic (exact) mass is 192 g/mol. The molecule has 0 bridgehead atoms. The van der Waals surface area contributed by atoms with Crippen molar-refractivity contribution in [2.24, 2.45) is 0 Å². The molecule has 0 N–H and O–H groups in total. The van der Waals surface area contributed by atoms with Gasteiger partial charge >= 0.3 is 0 Å². The molecule has 0 spiro atoms. The number of rotatable bonds is 3. The summed E-state index contributed by atoms with van der Waals surface area (Å²) in [7, 11) is 0. The molecule has 0 fully saturated rings. The second-order valence-electron chi connectivity index (χ2n) is 3.10. The van der Waals surface area contributed by atoms with Gasteiger partial charge in [0.1, 0.15) is 0 Å². The molecule has 0 aliphatic heterocycles. The van der Waals surface area contributed by atoms with Crippen molar-refractivity contribution < 1.29 is 0 Å². The van der Waals surface area contributed by atoms with Gasteiger partial charge in [-0.3, -0.25) is 4.68 Å². The average molecular weight is 192 g/mol. The predicted molar refractivity (Wildman–Crippen MR) is 55.0 cm³/mol. The number of hydrogen-bond donors (Lipinski definition) is 0. The molecule has 2 aromatic heterocycles. The molecule has 0 atom stereocenters. The van der Waals surface area contributed by atoms with E-state index in [-0.39, 0.29) is 0 Å². The minimum absolute atomic E-state index is 0.977. The van der Waals surface area contributed by atoms with Gasteiger partial charge in [-0.05, 0) is 41.8 Å². The molecule has 68 valence electrons. The first kappa shape index (κ1) is 8.51. The molecule has 2 aromatic rings. The third-order valence-electron chi connectivity index (χ3n) is 1.98. The Morgan fingerprint density at radius 1 is 1.46 bits per heavy atom. The molecule has 2 nitrogen and oxygen atoms in total. The molecule has 0 aliphatic carbocycles. The van der Waals surface area contributed by atoms with E-state index in [2.05, 4.69) is 21.9 Å². The molecule has 3 heteroatoms. The number of hydrogen-bond acceptors (Lipinski definition) is 2. The second kappa shape index (κ2) is 3.75. The summed E-state index contributed by atoms with van der Waals surface area (Å²) in [5.41, 5.74) is 2.49. The molecule has 2 heterocycles. The van der Waals surface area contributed by atoms with Crippen LogP contribution >= 0.6 is 11.3 Å². The van der Waals surface area contributed by atoms with Gasteiger partial charge in [-0.2, -0.15) is 16.4 Å². The van der Waals surface area contributed by atoms with E-state index >= 15 is 0 Å². The first-order valence-corrected chi connectivity index (χ1v) is 5.30. The fourth-order valence-corrected chi connectivity index (χ4v) is 1.97. The van der Waals surface area contributed by atoms with Crippen molar-refractivity contribution in [3.63, 3.8) is 0 Å². The fourth-order valence-electron chi connectivity index (χ4n) is 1.27. The largest absolute Gasteiger partial charge is 0.272 e. The van der Waals surface area contributed by atoms with E-state index in [1.54, 1.807) is 11.3 Å². The third kappa shape index (κ3) is 2.18. The van der Waals surface area contributed by atoms with Crippen molar-refractivity contribution in [3.05, 3.63) is 40.3 Å². The Hall–Kier alpha value is -1.09. The van der Waals surface area contributed by atoms with Crippen molar-refractivity contribution in [1.29, 1.82) is 0 Å². The Morgan fingerprint density at radius 3 is 3.00 bits per heavy atom. The number of nitrogens with zero attached hydrogens (tertiary/aromatic N) is 2. The van der Waals surface area contributed by atoms with Crippen LogP contribution in [0.4, 0.5) is 0 Å². The Bertz CT molecular complexity index is 362. The predicted octanol–water partition coefficient (Wildman–Crippen LogP) is 2.50. The molecular formula is C10H12N2S. The van der Waals surface area contributed by atoms with Gasteiger partial charge < -0.3 is 0 Å². The molecule has 0 amide bonds. The summed E-state index contributed by atoms with van der Waals surface area (Å²) in [5.74, 6) is 0. The van der Waals surface area contributed by atoms with E-state index < -0.39 is 0 Å². The zero-order chi connectivity index (χ0) is 9.10. The van der Waals surface area contributed by atoms with Gasteiger partial charge in [-0.25, -0.2) is 0 Å². The van der Waals surface area contributed by atoms with Crippen LogP contribution < -0.4 is 0 Å². The maximum absolute atomic E-state index is 4.33. The summed E-state index contributed by atoms with van der Waals surface area (Å²) < 4.78 is 1.99. The lowest BCUT2D eigenvalue weighted by Gasteiger charge is -1.98. The van der Waals surface area contributed by atoms with Crippen molar-refractivity contribution in [3.8, 4) is 0 Å². The molecule has 0 aliphatic rings. The van der Waals surface area contributed by atoms with Crippen LogP contribution in [0.15, 0.2) is 29.1 Å². The summed E-state index contributed by atoms with van der Waals surface area (Å²) in [6.07, 6.45) is 3.10. The average Bonchev–Trinajstić information content (AvgIpc) is 2.71. The highest BCUT2D eigenvalue weighted by molar-refractivity contribution is 7.07. The molecule has 13 heavy (non-hydrogen) atoms. The van der Waals surface area contributed by atoms with Crippen molar-refractivity contribution in [2.45, 2.75) is 19.9 Å². The van der Waals surface area contributed by atoms with E-state index in [1.165, 1.54) is 5.56 Å². The summed E-state index contributed by atoms with van der Waals surface area (Å²) in [4.78, 5) is 0. The van der Waals surface area contributed by atoms with Gasteiger partial charge in [-0.15, -0.1) is 0 Å². The van der Waals surface area contributed by atoms with Crippen molar-refractivity contribution in [1.82, 2.24) is 9.78 Å². The van der Waals surface area contributed by atoms with Crippen LogP contribution in [-0.4, -0.2) is 9.78 Å². The fraction of sp³-hybridized carbons (Fsp3) is 0.300. The summed E-state index contributed by atoms with van der Waals surface area (Å²) in [6.45, 7) is 2.99.